The molecule has 0 aliphatic heterocycles. The van der Waals surface area contributed by atoms with Crippen molar-refractivity contribution in [2.45, 2.75) is 45.2 Å². The Hall–Kier alpha value is -2.58. The van der Waals surface area contributed by atoms with Gasteiger partial charge in [0.05, 0.1) is 5.41 Å². The molecule has 28 heavy (non-hydrogen) atoms. The number of hydrogen-bond donors (Lipinski definition) is 1. The lowest BCUT2D eigenvalue weighted by molar-refractivity contribution is -0.159. The predicted molar refractivity (Wildman–Crippen MR) is 98.6 cm³/mol. The molecular formula is C19H25F3N4O2. The standard InChI is InChI=1S/C19H25F3N4O2/c1-18(16(23)27,12-13-7-6-8-14(11-13)26(2)3)10-5-4-9-15-24-17(28-25-15)19(20,21)22/h6-8,11H,4-5,9-10,12H2,1-3H3,(H2,23,27). The minimum absolute atomic E-state index is 0.00628. The van der Waals surface area contributed by atoms with E-state index in [0.29, 0.717) is 25.7 Å². The van der Waals surface area contributed by atoms with Gasteiger partial charge in [0.1, 0.15) is 0 Å². The van der Waals surface area contributed by atoms with Crippen LogP contribution in [0.2, 0.25) is 0 Å². The summed E-state index contributed by atoms with van der Waals surface area (Å²) in [5.41, 5.74) is 6.93. The summed E-state index contributed by atoms with van der Waals surface area (Å²) in [5.74, 6) is -1.74. The number of primary amides is 1. The molecule has 1 unspecified atom stereocenters. The third-order valence-corrected chi connectivity index (χ3v) is 4.71. The SMILES string of the molecule is CN(C)c1cccc(CC(C)(CCCCc2noc(C(F)(F)F)n2)C(N)=O)c1. The van der Waals surface area contributed by atoms with E-state index in [4.69, 9.17) is 5.73 Å². The van der Waals surface area contributed by atoms with Crippen molar-refractivity contribution in [3.05, 3.63) is 41.5 Å². The van der Waals surface area contributed by atoms with Crippen LogP contribution in [-0.4, -0.2) is 30.1 Å². The van der Waals surface area contributed by atoms with Gasteiger partial charge in [-0.25, -0.2) is 0 Å². The number of nitrogens with two attached hydrogens (primary N) is 1. The highest BCUT2D eigenvalue weighted by Crippen LogP contribution is 2.31. The Labute approximate surface area is 161 Å². The van der Waals surface area contributed by atoms with E-state index in [1.54, 1.807) is 0 Å². The van der Waals surface area contributed by atoms with Gasteiger partial charge in [-0.2, -0.15) is 18.2 Å². The maximum absolute atomic E-state index is 12.5. The van der Waals surface area contributed by atoms with Gasteiger partial charge in [-0.15, -0.1) is 0 Å². The zero-order chi connectivity index (χ0) is 20.9. The highest BCUT2D eigenvalue weighted by Gasteiger charge is 2.38. The van der Waals surface area contributed by atoms with Crippen molar-refractivity contribution in [1.82, 2.24) is 10.1 Å². The lowest BCUT2D eigenvalue weighted by Gasteiger charge is -2.26. The summed E-state index contributed by atoms with van der Waals surface area (Å²) >= 11 is 0. The van der Waals surface area contributed by atoms with Crippen LogP contribution in [0.25, 0.3) is 0 Å². The van der Waals surface area contributed by atoms with Gasteiger partial charge in [-0.1, -0.05) is 30.6 Å². The molecule has 0 saturated heterocycles. The second-order valence-electron chi connectivity index (χ2n) is 7.39. The number of anilines is 1. The predicted octanol–water partition coefficient (Wildman–Crippen LogP) is 3.60. The highest BCUT2D eigenvalue weighted by molar-refractivity contribution is 5.80. The number of carbonyl (C=O) groups excluding carboxylic acids is 1. The number of nitrogens with zero attached hydrogens (tertiary/aromatic N) is 3. The summed E-state index contributed by atoms with van der Waals surface area (Å²) in [6.45, 7) is 1.81. The number of carbonyl (C=O) groups is 1. The second-order valence-corrected chi connectivity index (χ2v) is 7.39. The highest BCUT2D eigenvalue weighted by atomic mass is 19.4. The first-order chi connectivity index (χ1) is 13.0. The van der Waals surface area contributed by atoms with Gasteiger partial charge in [0.15, 0.2) is 5.82 Å². The molecule has 0 radical (unpaired) electrons. The fraction of sp³-hybridized carbons (Fsp3) is 0.526. The number of halogens is 3. The van der Waals surface area contributed by atoms with Crippen LogP contribution in [0.5, 0.6) is 0 Å². The summed E-state index contributed by atoms with van der Waals surface area (Å²) in [4.78, 5) is 17.4. The van der Waals surface area contributed by atoms with Gasteiger partial charge in [0.25, 0.3) is 0 Å². The Morgan fingerprint density at radius 3 is 2.54 bits per heavy atom. The molecule has 0 aliphatic rings. The number of benzene rings is 1. The summed E-state index contributed by atoms with van der Waals surface area (Å²) in [6, 6.07) is 7.87. The zero-order valence-electron chi connectivity index (χ0n) is 16.2. The van der Waals surface area contributed by atoms with Gasteiger partial charge in [0.2, 0.25) is 5.91 Å². The molecule has 2 N–H and O–H groups in total. The lowest BCUT2D eigenvalue weighted by Crippen LogP contribution is -2.36. The Kier molecular flexibility index (Phi) is 6.69. The average Bonchev–Trinajstić information content (AvgIpc) is 3.08. The second kappa shape index (κ2) is 8.62. The topological polar surface area (TPSA) is 85.2 Å². The molecule has 1 amide bonds. The smallest absolute Gasteiger partial charge is 0.378 e. The molecule has 1 heterocycles. The van der Waals surface area contributed by atoms with Crippen molar-refractivity contribution >= 4 is 11.6 Å². The zero-order valence-corrected chi connectivity index (χ0v) is 16.2. The van der Waals surface area contributed by atoms with Gasteiger partial charge < -0.3 is 15.2 Å². The summed E-state index contributed by atoms with van der Waals surface area (Å²) in [5, 5.41) is 3.34. The molecule has 2 aromatic rings. The van der Waals surface area contributed by atoms with E-state index >= 15 is 0 Å². The maximum atomic E-state index is 12.5. The van der Waals surface area contributed by atoms with Gasteiger partial charge >= 0.3 is 12.1 Å². The van der Waals surface area contributed by atoms with E-state index in [2.05, 4.69) is 14.7 Å². The number of aromatic nitrogens is 2. The molecule has 1 aromatic carbocycles. The van der Waals surface area contributed by atoms with Gasteiger partial charge in [-0.3, -0.25) is 4.79 Å². The molecule has 2 rings (SSSR count). The van der Waals surface area contributed by atoms with E-state index in [1.165, 1.54) is 0 Å². The first-order valence-electron chi connectivity index (χ1n) is 8.97. The van der Waals surface area contributed by atoms with Crippen molar-refractivity contribution < 1.29 is 22.5 Å². The monoisotopic (exact) mass is 398 g/mol. The van der Waals surface area contributed by atoms with E-state index in [0.717, 1.165) is 11.3 Å². The van der Waals surface area contributed by atoms with E-state index in [9.17, 15) is 18.0 Å². The van der Waals surface area contributed by atoms with Crippen LogP contribution in [0.15, 0.2) is 28.8 Å². The Morgan fingerprint density at radius 2 is 1.96 bits per heavy atom. The van der Waals surface area contributed by atoms with Crippen molar-refractivity contribution in [2.24, 2.45) is 11.1 Å². The Balaban J connectivity index is 1.94. The third-order valence-electron chi connectivity index (χ3n) is 4.71. The minimum atomic E-state index is -4.64. The molecule has 1 atom stereocenters. The van der Waals surface area contributed by atoms with Crippen LogP contribution in [-0.2, 0) is 23.8 Å². The average molecular weight is 398 g/mol. The quantitative estimate of drug-likeness (QED) is 0.653. The van der Waals surface area contributed by atoms with Crippen molar-refractivity contribution in [1.29, 1.82) is 0 Å². The molecule has 0 aliphatic carbocycles. The van der Waals surface area contributed by atoms with Crippen molar-refractivity contribution in [3.8, 4) is 0 Å². The molecule has 6 nitrogen and oxygen atoms in total. The molecule has 0 bridgehead atoms. The van der Waals surface area contributed by atoms with Crippen LogP contribution in [0.4, 0.5) is 18.9 Å². The van der Waals surface area contributed by atoms with E-state index < -0.39 is 23.4 Å². The third kappa shape index (κ3) is 5.71. The van der Waals surface area contributed by atoms with E-state index in [-0.39, 0.29) is 12.2 Å². The molecular weight excluding hydrogens is 373 g/mol. The van der Waals surface area contributed by atoms with Crippen LogP contribution >= 0.6 is 0 Å². The largest absolute Gasteiger partial charge is 0.471 e. The fourth-order valence-electron chi connectivity index (χ4n) is 2.96. The van der Waals surface area contributed by atoms with Crippen LogP contribution in [0.1, 0.15) is 43.5 Å². The normalized spacial score (nSPS) is 13.9. The summed E-state index contributed by atoms with van der Waals surface area (Å²) < 4.78 is 41.6. The van der Waals surface area contributed by atoms with Crippen molar-refractivity contribution in [2.75, 3.05) is 19.0 Å². The number of alkyl halides is 3. The summed E-state index contributed by atoms with van der Waals surface area (Å²) in [7, 11) is 3.88. The van der Waals surface area contributed by atoms with Crippen LogP contribution < -0.4 is 10.6 Å². The number of amides is 1. The molecule has 0 spiro atoms. The van der Waals surface area contributed by atoms with Crippen LogP contribution in [0, 0.1) is 5.41 Å². The molecule has 0 fully saturated rings. The maximum Gasteiger partial charge on any atom is 0.471 e. The first-order valence-corrected chi connectivity index (χ1v) is 8.97. The molecule has 154 valence electrons. The van der Waals surface area contributed by atoms with Crippen molar-refractivity contribution in [3.63, 3.8) is 0 Å². The molecule has 0 saturated carbocycles. The van der Waals surface area contributed by atoms with Gasteiger partial charge in [0, 0.05) is 26.2 Å². The first kappa shape index (κ1) is 21.7. The van der Waals surface area contributed by atoms with Gasteiger partial charge in [-0.05, 0) is 37.0 Å². The number of rotatable bonds is 9. The lowest BCUT2D eigenvalue weighted by atomic mass is 9.78. The molecule has 9 heteroatoms. The Bertz CT molecular complexity index is 804. The molecule has 1 aromatic heterocycles. The fourth-order valence-corrected chi connectivity index (χ4v) is 2.96. The van der Waals surface area contributed by atoms with E-state index in [1.807, 2.05) is 50.2 Å². The van der Waals surface area contributed by atoms with Crippen LogP contribution in [0.3, 0.4) is 0 Å². The number of unbranched alkanes of at least 4 members (excludes halogenated alkanes) is 1. The minimum Gasteiger partial charge on any atom is -0.378 e. The number of aryl methyl sites for hydroxylation is 1. The Morgan fingerprint density at radius 1 is 1.25 bits per heavy atom. The number of hydrogen-bond acceptors (Lipinski definition) is 5. The summed E-state index contributed by atoms with van der Waals surface area (Å²) in [6.07, 6.45) is -2.27.